The molecule has 0 aromatic heterocycles. The lowest BCUT2D eigenvalue weighted by Crippen LogP contribution is -2.53. The van der Waals surface area contributed by atoms with Crippen LogP contribution < -0.4 is 14.8 Å². The molecule has 1 saturated heterocycles. The highest BCUT2D eigenvalue weighted by Crippen LogP contribution is 2.33. The molecule has 0 aliphatic carbocycles. The molecule has 0 saturated carbocycles. The van der Waals surface area contributed by atoms with E-state index < -0.39 is 17.8 Å². The molecule has 33 heavy (non-hydrogen) atoms. The Bertz CT molecular complexity index is 1250. The third-order valence-electron chi connectivity index (χ3n) is 5.26. The Hall–Kier alpha value is -4.13. The molecule has 4 amide bonds. The van der Waals surface area contributed by atoms with Crippen molar-refractivity contribution in [2.24, 2.45) is 0 Å². The van der Waals surface area contributed by atoms with Gasteiger partial charge in [0.1, 0.15) is 17.1 Å². The third kappa shape index (κ3) is 4.57. The Morgan fingerprint density at radius 1 is 0.909 bits per heavy atom. The maximum Gasteiger partial charge on any atom is 0.331 e. The van der Waals surface area contributed by atoms with Gasteiger partial charge in [-0.05, 0) is 54.5 Å². The lowest BCUT2D eigenvalue weighted by atomic mass is 9.99. The molecule has 1 N–H and O–H groups in total. The van der Waals surface area contributed by atoms with E-state index in [9.17, 15) is 14.4 Å². The van der Waals surface area contributed by atoms with Gasteiger partial charge in [-0.15, -0.1) is 0 Å². The molecule has 168 valence electrons. The van der Waals surface area contributed by atoms with Crippen LogP contribution in [-0.4, -0.2) is 36.0 Å². The zero-order valence-electron chi connectivity index (χ0n) is 18.5. The van der Waals surface area contributed by atoms with E-state index >= 15 is 0 Å². The minimum atomic E-state index is -0.743. The van der Waals surface area contributed by atoms with Crippen LogP contribution in [0, 0.1) is 0 Å². The average molecular weight is 444 g/mol. The summed E-state index contributed by atoms with van der Waals surface area (Å²) in [7, 11) is 0. The van der Waals surface area contributed by atoms with Crippen LogP contribution in [0.2, 0.25) is 0 Å². The molecule has 7 heteroatoms. The highest BCUT2D eigenvalue weighted by Gasteiger charge is 2.36. The number of carbonyl (C=O) groups excluding carboxylic acids is 3. The van der Waals surface area contributed by atoms with Gasteiger partial charge in [-0.1, -0.05) is 42.5 Å². The lowest BCUT2D eigenvalue weighted by molar-refractivity contribution is -0.130. The maximum absolute atomic E-state index is 13.2. The van der Waals surface area contributed by atoms with Crippen LogP contribution in [0.15, 0.2) is 66.2 Å². The van der Waals surface area contributed by atoms with Crippen molar-refractivity contribution in [3.63, 3.8) is 0 Å². The largest absolute Gasteiger partial charge is 0.494 e. The van der Waals surface area contributed by atoms with Crippen LogP contribution in [0.4, 0.5) is 4.79 Å². The van der Waals surface area contributed by atoms with Gasteiger partial charge in [-0.3, -0.25) is 19.8 Å². The van der Waals surface area contributed by atoms with Crippen LogP contribution in [-0.2, 0) is 16.1 Å². The van der Waals surface area contributed by atoms with Crippen molar-refractivity contribution in [1.82, 2.24) is 10.2 Å². The van der Waals surface area contributed by atoms with Crippen LogP contribution in [0.3, 0.4) is 0 Å². The van der Waals surface area contributed by atoms with Crippen molar-refractivity contribution in [2.45, 2.75) is 20.4 Å². The number of amides is 4. The van der Waals surface area contributed by atoms with Gasteiger partial charge in [-0.25, -0.2) is 4.79 Å². The number of nitrogens with one attached hydrogen (secondary N) is 1. The zero-order valence-corrected chi connectivity index (χ0v) is 18.5. The Balaban J connectivity index is 1.81. The summed E-state index contributed by atoms with van der Waals surface area (Å²) in [6.07, 6.45) is 1.49. The fourth-order valence-corrected chi connectivity index (χ4v) is 3.74. The fourth-order valence-electron chi connectivity index (χ4n) is 3.74. The first-order valence-electron chi connectivity index (χ1n) is 10.8. The quantitative estimate of drug-likeness (QED) is 0.434. The molecule has 1 aliphatic rings. The second kappa shape index (κ2) is 9.56. The van der Waals surface area contributed by atoms with E-state index in [1.807, 2.05) is 68.4 Å². The van der Waals surface area contributed by atoms with E-state index in [0.717, 1.165) is 21.2 Å². The van der Waals surface area contributed by atoms with Gasteiger partial charge in [0, 0.05) is 5.56 Å². The first-order chi connectivity index (χ1) is 16.0. The fraction of sp³-hybridized carbons (Fsp3) is 0.192. The Morgan fingerprint density at radius 2 is 1.64 bits per heavy atom. The number of fused-ring (bicyclic) bond motifs is 1. The summed E-state index contributed by atoms with van der Waals surface area (Å²) < 4.78 is 11.4. The summed E-state index contributed by atoms with van der Waals surface area (Å²) >= 11 is 0. The second-order valence-electron chi connectivity index (χ2n) is 7.42. The Labute approximate surface area is 191 Å². The molecule has 4 rings (SSSR count). The molecule has 0 spiro atoms. The number of rotatable bonds is 7. The molecule has 3 aromatic carbocycles. The number of barbiturate groups is 1. The summed E-state index contributed by atoms with van der Waals surface area (Å²) in [6, 6.07) is 17.7. The van der Waals surface area contributed by atoms with E-state index in [4.69, 9.17) is 9.47 Å². The van der Waals surface area contributed by atoms with Crippen LogP contribution in [0.1, 0.15) is 25.0 Å². The van der Waals surface area contributed by atoms with E-state index in [0.29, 0.717) is 30.3 Å². The second-order valence-corrected chi connectivity index (χ2v) is 7.42. The number of nitrogens with zero attached hydrogens (tertiary/aromatic N) is 1. The number of ether oxygens (including phenoxy) is 2. The predicted molar refractivity (Wildman–Crippen MR) is 125 cm³/mol. The molecule has 0 unspecified atom stereocenters. The minimum absolute atomic E-state index is 0.0540. The monoisotopic (exact) mass is 444 g/mol. The van der Waals surface area contributed by atoms with Crippen molar-refractivity contribution in [1.29, 1.82) is 0 Å². The SMILES string of the molecule is CCOc1ccc2ccc(OCC)c(C=C3C(=O)NC(=O)N(Cc4ccccc4)C3=O)c2c1. The van der Waals surface area contributed by atoms with Crippen LogP contribution >= 0.6 is 0 Å². The summed E-state index contributed by atoms with van der Waals surface area (Å²) in [5.41, 5.74) is 1.21. The van der Waals surface area contributed by atoms with Gasteiger partial charge in [0.25, 0.3) is 11.8 Å². The molecule has 1 fully saturated rings. The number of urea groups is 1. The molecular formula is C26H24N2O5. The molecule has 0 atom stereocenters. The topological polar surface area (TPSA) is 84.9 Å². The van der Waals surface area contributed by atoms with Gasteiger partial charge in [0.2, 0.25) is 0 Å². The zero-order chi connectivity index (χ0) is 23.4. The highest BCUT2D eigenvalue weighted by atomic mass is 16.5. The number of hydrogen-bond acceptors (Lipinski definition) is 5. The first kappa shape index (κ1) is 22.1. The van der Waals surface area contributed by atoms with Crippen LogP contribution in [0.5, 0.6) is 11.5 Å². The lowest BCUT2D eigenvalue weighted by Gasteiger charge is -2.26. The number of carbonyl (C=O) groups is 3. The van der Waals surface area contributed by atoms with E-state index in [1.54, 1.807) is 6.07 Å². The van der Waals surface area contributed by atoms with Crippen molar-refractivity contribution in [3.05, 3.63) is 77.4 Å². The first-order valence-corrected chi connectivity index (χ1v) is 10.8. The summed E-state index contributed by atoms with van der Waals surface area (Å²) in [5, 5.41) is 3.94. The van der Waals surface area contributed by atoms with Crippen molar-refractivity contribution >= 4 is 34.7 Å². The normalized spacial score (nSPS) is 15.2. The van der Waals surface area contributed by atoms with Gasteiger partial charge < -0.3 is 9.47 Å². The summed E-state index contributed by atoms with van der Waals surface area (Å²) in [4.78, 5) is 39.4. The number of hydrogen-bond donors (Lipinski definition) is 1. The standard InChI is InChI=1S/C26H24N2O5/c1-3-32-19-12-10-18-11-13-23(33-4-2)21(20(18)14-19)15-22-24(29)27-26(31)28(25(22)30)16-17-8-6-5-7-9-17/h5-15H,3-4,16H2,1-2H3,(H,27,29,31). The molecule has 1 aliphatic heterocycles. The molecule has 0 radical (unpaired) electrons. The van der Waals surface area contributed by atoms with E-state index in [-0.39, 0.29) is 12.1 Å². The van der Waals surface area contributed by atoms with Gasteiger partial charge in [0.05, 0.1) is 19.8 Å². The van der Waals surface area contributed by atoms with Crippen molar-refractivity contribution < 1.29 is 23.9 Å². The summed E-state index contributed by atoms with van der Waals surface area (Å²) in [6.45, 7) is 4.72. The summed E-state index contributed by atoms with van der Waals surface area (Å²) in [5.74, 6) is -0.209. The average Bonchev–Trinajstić information content (AvgIpc) is 2.81. The van der Waals surface area contributed by atoms with Gasteiger partial charge >= 0.3 is 6.03 Å². The van der Waals surface area contributed by atoms with Crippen molar-refractivity contribution in [3.8, 4) is 11.5 Å². The smallest absolute Gasteiger partial charge is 0.331 e. The van der Waals surface area contributed by atoms with Crippen LogP contribution in [0.25, 0.3) is 16.8 Å². The van der Waals surface area contributed by atoms with Gasteiger partial charge in [0.15, 0.2) is 0 Å². The number of imide groups is 2. The third-order valence-corrected chi connectivity index (χ3v) is 5.26. The van der Waals surface area contributed by atoms with Crippen molar-refractivity contribution in [2.75, 3.05) is 13.2 Å². The van der Waals surface area contributed by atoms with Gasteiger partial charge in [-0.2, -0.15) is 0 Å². The number of benzene rings is 3. The Kier molecular flexibility index (Phi) is 6.40. The molecule has 1 heterocycles. The minimum Gasteiger partial charge on any atom is -0.494 e. The highest BCUT2D eigenvalue weighted by molar-refractivity contribution is 6.31. The van der Waals surface area contributed by atoms with E-state index in [2.05, 4.69) is 5.32 Å². The predicted octanol–water partition coefficient (Wildman–Crippen LogP) is 4.30. The maximum atomic E-state index is 13.2. The molecule has 3 aromatic rings. The molecule has 7 nitrogen and oxygen atoms in total. The Morgan fingerprint density at radius 3 is 2.36 bits per heavy atom. The molecule has 0 bridgehead atoms. The van der Waals surface area contributed by atoms with E-state index in [1.165, 1.54) is 6.08 Å². The molecular weight excluding hydrogens is 420 g/mol.